The van der Waals surface area contributed by atoms with Crippen LogP contribution in [-0.2, 0) is 19.1 Å². The summed E-state index contributed by atoms with van der Waals surface area (Å²) in [5.41, 5.74) is 1.85. The van der Waals surface area contributed by atoms with Crippen LogP contribution in [0.15, 0.2) is 35.6 Å². The summed E-state index contributed by atoms with van der Waals surface area (Å²) in [6.45, 7) is 5.87. The molecule has 1 amide bonds. The lowest BCUT2D eigenvalue weighted by molar-refractivity contribution is -0.146. The van der Waals surface area contributed by atoms with Crippen molar-refractivity contribution in [3.8, 4) is 0 Å². The molecule has 0 saturated heterocycles. The number of hydrogen-bond donors (Lipinski definition) is 1. The van der Waals surface area contributed by atoms with E-state index < -0.39 is 11.9 Å². The van der Waals surface area contributed by atoms with E-state index in [2.05, 4.69) is 5.32 Å². The standard InChI is InChI=1S/C19H21NO4/c1-11-4-6-12(7-5-11)20-18(23)13-8-16(22)24-15-10-19(2,3)9-14(21)17(13)15/h4-7,13H,8-10H2,1-3H3,(H,20,23)/t13-/m0/s1. The first kappa shape index (κ1) is 16.4. The van der Waals surface area contributed by atoms with Gasteiger partial charge in [-0.25, -0.2) is 0 Å². The van der Waals surface area contributed by atoms with Crippen molar-refractivity contribution in [3.05, 3.63) is 41.2 Å². The fourth-order valence-corrected chi connectivity index (χ4v) is 3.30. The lowest BCUT2D eigenvalue weighted by Gasteiger charge is -2.36. The van der Waals surface area contributed by atoms with Crippen LogP contribution in [0.5, 0.6) is 0 Å². The fraction of sp³-hybridized carbons (Fsp3) is 0.421. The van der Waals surface area contributed by atoms with Gasteiger partial charge in [0.25, 0.3) is 0 Å². The van der Waals surface area contributed by atoms with E-state index in [9.17, 15) is 14.4 Å². The van der Waals surface area contributed by atoms with Crippen molar-refractivity contribution in [2.45, 2.75) is 40.0 Å². The fourth-order valence-electron chi connectivity index (χ4n) is 3.30. The molecule has 0 aromatic heterocycles. The molecular formula is C19H21NO4. The second kappa shape index (κ2) is 5.89. The van der Waals surface area contributed by atoms with Crippen LogP contribution in [0, 0.1) is 18.3 Å². The first-order valence-corrected chi connectivity index (χ1v) is 8.10. The molecule has 0 saturated carbocycles. The van der Waals surface area contributed by atoms with Crippen LogP contribution in [0.1, 0.15) is 38.7 Å². The minimum absolute atomic E-state index is 0.0945. The van der Waals surface area contributed by atoms with Gasteiger partial charge >= 0.3 is 5.97 Å². The lowest BCUT2D eigenvalue weighted by Crippen LogP contribution is -2.39. The van der Waals surface area contributed by atoms with Gasteiger partial charge in [-0.2, -0.15) is 0 Å². The van der Waals surface area contributed by atoms with E-state index >= 15 is 0 Å². The Hall–Kier alpha value is -2.43. The highest BCUT2D eigenvalue weighted by molar-refractivity contribution is 6.08. The van der Waals surface area contributed by atoms with E-state index in [1.807, 2.05) is 32.9 Å². The maximum Gasteiger partial charge on any atom is 0.312 e. The number of ether oxygens (including phenoxy) is 1. The van der Waals surface area contributed by atoms with Gasteiger partial charge in [-0.3, -0.25) is 14.4 Å². The molecule has 1 atom stereocenters. The Kier molecular flexibility index (Phi) is 4.03. The number of aryl methyl sites for hydroxylation is 1. The number of rotatable bonds is 2. The number of esters is 1. The van der Waals surface area contributed by atoms with Crippen LogP contribution in [-0.4, -0.2) is 17.7 Å². The molecule has 1 aliphatic carbocycles. The first-order valence-electron chi connectivity index (χ1n) is 8.10. The van der Waals surface area contributed by atoms with E-state index in [1.165, 1.54) is 0 Å². The van der Waals surface area contributed by atoms with Gasteiger partial charge in [0, 0.05) is 24.1 Å². The van der Waals surface area contributed by atoms with Crippen LogP contribution in [0.3, 0.4) is 0 Å². The molecule has 3 rings (SSSR count). The Bertz CT molecular complexity index is 743. The molecule has 1 aromatic rings. The summed E-state index contributed by atoms with van der Waals surface area (Å²) >= 11 is 0. The summed E-state index contributed by atoms with van der Waals surface area (Å²) in [4.78, 5) is 37.1. The summed E-state index contributed by atoms with van der Waals surface area (Å²) in [5, 5.41) is 2.80. The van der Waals surface area contributed by atoms with Gasteiger partial charge in [0.05, 0.1) is 12.3 Å². The Balaban J connectivity index is 1.88. The third-order valence-electron chi connectivity index (χ3n) is 4.47. The van der Waals surface area contributed by atoms with Gasteiger partial charge in [-0.15, -0.1) is 0 Å². The van der Waals surface area contributed by atoms with E-state index in [0.29, 0.717) is 29.9 Å². The molecule has 1 aromatic carbocycles. The molecule has 1 aliphatic heterocycles. The zero-order valence-electron chi connectivity index (χ0n) is 14.1. The molecule has 0 radical (unpaired) electrons. The van der Waals surface area contributed by atoms with Crippen molar-refractivity contribution in [2.24, 2.45) is 11.3 Å². The summed E-state index contributed by atoms with van der Waals surface area (Å²) in [6.07, 6.45) is 0.758. The van der Waals surface area contributed by atoms with Crippen molar-refractivity contribution in [3.63, 3.8) is 0 Å². The molecule has 5 nitrogen and oxygen atoms in total. The second-order valence-corrected chi connectivity index (χ2v) is 7.36. The van der Waals surface area contributed by atoms with Gasteiger partial charge in [-0.1, -0.05) is 31.5 Å². The first-order chi connectivity index (χ1) is 11.2. The maximum absolute atomic E-state index is 12.7. The highest BCUT2D eigenvalue weighted by Crippen LogP contribution is 2.42. The van der Waals surface area contributed by atoms with Crippen LogP contribution in [0.4, 0.5) is 5.69 Å². The van der Waals surface area contributed by atoms with Crippen molar-refractivity contribution >= 4 is 23.3 Å². The van der Waals surface area contributed by atoms with Crippen LogP contribution >= 0.6 is 0 Å². The number of amides is 1. The van der Waals surface area contributed by atoms with Gasteiger partial charge < -0.3 is 10.1 Å². The molecule has 24 heavy (non-hydrogen) atoms. The Labute approximate surface area is 141 Å². The van der Waals surface area contributed by atoms with Crippen molar-refractivity contribution in [2.75, 3.05) is 5.32 Å². The predicted octanol–water partition coefficient (Wildman–Crippen LogP) is 3.14. The zero-order chi connectivity index (χ0) is 17.5. The quantitative estimate of drug-likeness (QED) is 0.847. The minimum Gasteiger partial charge on any atom is -0.431 e. The number of allylic oxidation sites excluding steroid dienone is 1. The molecule has 2 aliphatic rings. The molecule has 1 heterocycles. The van der Waals surface area contributed by atoms with E-state index in [-0.39, 0.29) is 23.5 Å². The number of ketones is 1. The highest BCUT2D eigenvalue weighted by Gasteiger charge is 2.44. The second-order valence-electron chi connectivity index (χ2n) is 7.36. The average molecular weight is 327 g/mol. The van der Waals surface area contributed by atoms with Crippen LogP contribution in [0.2, 0.25) is 0 Å². The smallest absolute Gasteiger partial charge is 0.312 e. The van der Waals surface area contributed by atoms with Crippen LogP contribution < -0.4 is 5.32 Å². The Morgan fingerprint density at radius 3 is 2.50 bits per heavy atom. The molecule has 1 N–H and O–H groups in total. The number of anilines is 1. The van der Waals surface area contributed by atoms with Gasteiger partial charge in [0.2, 0.25) is 5.91 Å². The molecule has 0 bridgehead atoms. The van der Waals surface area contributed by atoms with Crippen molar-refractivity contribution in [1.82, 2.24) is 0 Å². The highest BCUT2D eigenvalue weighted by atomic mass is 16.5. The van der Waals surface area contributed by atoms with E-state index in [1.54, 1.807) is 12.1 Å². The zero-order valence-corrected chi connectivity index (χ0v) is 14.1. The number of carbonyl (C=O) groups is 3. The Morgan fingerprint density at radius 1 is 1.17 bits per heavy atom. The summed E-state index contributed by atoms with van der Waals surface area (Å²) < 4.78 is 5.28. The third kappa shape index (κ3) is 3.25. The van der Waals surface area contributed by atoms with Gasteiger partial charge in [0.15, 0.2) is 5.78 Å². The maximum atomic E-state index is 12.7. The molecular weight excluding hydrogens is 306 g/mol. The largest absolute Gasteiger partial charge is 0.431 e. The average Bonchev–Trinajstić information content (AvgIpc) is 2.46. The summed E-state index contributed by atoms with van der Waals surface area (Å²) in [6, 6.07) is 7.39. The number of nitrogens with one attached hydrogen (secondary N) is 1. The molecule has 0 fully saturated rings. The minimum atomic E-state index is -0.772. The molecule has 0 spiro atoms. The van der Waals surface area contributed by atoms with Gasteiger partial charge in [0.1, 0.15) is 5.76 Å². The number of carbonyl (C=O) groups excluding carboxylic acids is 3. The van der Waals surface area contributed by atoms with E-state index in [0.717, 1.165) is 5.56 Å². The third-order valence-corrected chi connectivity index (χ3v) is 4.47. The molecule has 5 heteroatoms. The van der Waals surface area contributed by atoms with Crippen LogP contribution in [0.25, 0.3) is 0 Å². The summed E-state index contributed by atoms with van der Waals surface area (Å²) in [5.74, 6) is -1.29. The lowest BCUT2D eigenvalue weighted by atomic mass is 9.72. The molecule has 126 valence electrons. The normalized spacial score (nSPS) is 22.7. The Morgan fingerprint density at radius 2 is 1.83 bits per heavy atom. The summed E-state index contributed by atoms with van der Waals surface area (Å²) in [7, 11) is 0. The van der Waals surface area contributed by atoms with E-state index in [4.69, 9.17) is 4.74 Å². The predicted molar refractivity (Wildman–Crippen MR) is 89.1 cm³/mol. The SMILES string of the molecule is Cc1ccc(NC(=O)[C@H]2CC(=O)OC3=C2C(=O)CC(C)(C)C3)cc1. The molecule has 0 unspecified atom stereocenters. The van der Waals surface area contributed by atoms with Crippen molar-refractivity contribution < 1.29 is 19.1 Å². The van der Waals surface area contributed by atoms with Gasteiger partial charge in [-0.05, 0) is 24.5 Å². The monoisotopic (exact) mass is 327 g/mol. The number of hydrogen-bond acceptors (Lipinski definition) is 4. The topological polar surface area (TPSA) is 72.5 Å². The number of benzene rings is 1. The van der Waals surface area contributed by atoms with Crippen molar-refractivity contribution in [1.29, 1.82) is 0 Å². The number of Topliss-reactive ketones (excluding diaryl/α,β-unsaturated/α-hetero) is 1.